The molecule has 4 nitrogen and oxygen atoms in total. The van der Waals surface area contributed by atoms with Crippen molar-refractivity contribution in [2.24, 2.45) is 4.99 Å². The summed E-state index contributed by atoms with van der Waals surface area (Å²) in [6.07, 6.45) is 0. The topological polar surface area (TPSA) is 43.1 Å². The van der Waals surface area contributed by atoms with Gasteiger partial charge in [-0.05, 0) is 48.5 Å². The highest BCUT2D eigenvalue weighted by Gasteiger charge is 2.12. The molecule has 0 N–H and O–H groups in total. The molecule has 4 aromatic rings. The van der Waals surface area contributed by atoms with Gasteiger partial charge in [-0.3, -0.25) is 0 Å². The lowest BCUT2D eigenvalue weighted by Gasteiger charge is -2.08. The van der Waals surface area contributed by atoms with E-state index in [1.807, 2.05) is 78.9 Å². The van der Waals surface area contributed by atoms with Crippen molar-refractivity contribution in [2.75, 3.05) is 0 Å². The van der Waals surface area contributed by atoms with Gasteiger partial charge >= 0.3 is 0 Å². The largest absolute Gasteiger partial charge is 0.229 e. The van der Waals surface area contributed by atoms with Gasteiger partial charge in [-0.15, -0.1) is 5.10 Å². The molecule has 1 heterocycles. The van der Waals surface area contributed by atoms with Crippen molar-refractivity contribution in [1.82, 2.24) is 15.0 Å². The van der Waals surface area contributed by atoms with Crippen LogP contribution >= 0.6 is 11.6 Å². The first kappa shape index (κ1) is 14.6. The SMILES string of the molecule is Clc1ccc(C(=Nc2ccccc2)n2nnc3ccccc32)cc1. The second-order valence-corrected chi connectivity index (χ2v) is 5.70. The van der Waals surface area contributed by atoms with E-state index in [1.165, 1.54) is 0 Å². The molecule has 0 aliphatic heterocycles. The molecule has 0 unspecified atom stereocenters. The number of aromatic nitrogens is 3. The van der Waals surface area contributed by atoms with Crippen LogP contribution in [-0.2, 0) is 0 Å². The van der Waals surface area contributed by atoms with Crippen LogP contribution in [0.3, 0.4) is 0 Å². The summed E-state index contributed by atoms with van der Waals surface area (Å²) >= 11 is 6.02. The molecule has 0 aliphatic rings. The second-order valence-electron chi connectivity index (χ2n) is 5.27. The predicted molar refractivity (Wildman–Crippen MR) is 97.0 cm³/mol. The molecule has 116 valence electrons. The molecule has 0 fully saturated rings. The number of aliphatic imine (C=N–C) groups is 1. The van der Waals surface area contributed by atoms with Gasteiger partial charge in [0.2, 0.25) is 0 Å². The molecule has 5 heteroatoms. The third-order valence-electron chi connectivity index (χ3n) is 3.65. The fourth-order valence-electron chi connectivity index (χ4n) is 2.48. The van der Waals surface area contributed by atoms with Gasteiger partial charge in [-0.1, -0.05) is 47.1 Å². The van der Waals surface area contributed by atoms with Gasteiger partial charge in [0.05, 0.1) is 11.2 Å². The van der Waals surface area contributed by atoms with Crippen LogP contribution in [0.15, 0.2) is 83.9 Å². The maximum Gasteiger partial charge on any atom is 0.163 e. The molecule has 0 bridgehead atoms. The minimum absolute atomic E-state index is 0.682. The summed E-state index contributed by atoms with van der Waals surface area (Å²) in [6.45, 7) is 0. The normalized spacial score (nSPS) is 11.8. The number of para-hydroxylation sites is 2. The molecule has 0 amide bonds. The molecular formula is C19H13ClN4. The lowest BCUT2D eigenvalue weighted by Crippen LogP contribution is -2.15. The van der Waals surface area contributed by atoms with Crippen LogP contribution in [0.25, 0.3) is 11.0 Å². The van der Waals surface area contributed by atoms with Gasteiger partial charge in [0, 0.05) is 10.6 Å². The molecule has 24 heavy (non-hydrogen) atoms. The average molecular weight is 333 g/mol. The Bertz CT molecular complexity index is 1000. The van der Waals surface area contributed by atoms with Crippen molar-refractivity contribution in [3.63, 3.8) is 0 Å². The van der Waals surface area contributed by atoms with E-state index in [9.17, 15) is 0 Å². The van der Waals surface area contributed by atoms with Crippen LogP contribution in [-0.4, -0.2) is 20.8 Å². The van der Waals surface area contributed by atoms with E-state index in [2.05, 4.69) is 10.3 Å². The Hall–Kier alpha value is -2.98. The van der Waals surface area contributed by atoms with Crippen molar-refractivity contribution < 1.29 is 0 Å². The Kier molecular flexibility index (Phi) is 3.81. The minimum Gasteiger partial charge on any atom is -0.229 e. The standard InChI is InChI=1S/C19H13ClN4/c20-15-12-10-14(11-13-15)19(21-16-6-2-1-3-7-16)24-18-9-5-4-8-17(18)22-23-24/h1-13H. The molecule has 0 saturated carbocycles. The zero-order valence-corrected chi connectivity index (χ0v) is 13.4. The first-order valence-electron chi connectivity index (χ1n) is 7.52. The smallest absolute Gasteiger partial charge is 0.163 e. The molecule has 0 atom stereocenters. The number of hydrogen-bond donors (Lipinski definition) is 0. The van der Waals surface area contributed by atoms with Crippen LogP contribution in [0.4, 0.5) is 5.69 Å². The molecule has 3 aromatic carbocycles. The third kappa shape index (κ3) is 2.79. The first-order chi connectivity index (χ1) is 11.8. The van der Waals surface area contributed by atoms with E-state index < -0.39 is 0 Å². The highest BCUT2D eigenvalue weighted by Crippen LogP contribution is 2.19. The molecule has 0 spiro atoms. The summed E-state index contributed by atoms with van der Waals surface area (Å²) in [5.41, 5.74) is 3.50. The number of fused-ring (bicyclic) bond motifs is 1. The van der Waals surface area contributed by atoms with E-state index in [-0.39, 0.29) is 0 Å². The Morgan fingerprint density at radius 1 is 0.833 bits per heavy atom. The summed E-state index contributed by atoms with van der Waals surface area (Å²) in [4.78, 5) is 4.79. The Balaban J connectivity index is 1.93. The van der Waals surface area contributed by atoms with Gasteiger partial charge in [0.25, 0.3) is 0 Å². The Morgan fingerprint density at radius 2 is 1.54 bits per heavy atom. The Morgan fingerprint density at radius 3 is 2.33 bits per heavy atom. The summed E-state index contributed by atoms with van der Waals surface area (Å²) in [5.74, 6) is 0.701. The fraction of sp³-hybridized carbons (Fsp3) is 0. The number of benzene rings is 3. The molecular weight excluding hydrogens is 320 g/mol. The van der Waals surface area contributed by atoms with Gasteiger partial charge < -0.3 is 0 Å². The average Bonchev–Trinajstić information content (AvgIpc) is 3.05. The van der Waals surface area contributed by atoms with Crippen molar-refractivity contribution in [1.29, 1.82) is 0 Å². The zero-order chi connectivity index (χ0) is 16.4. The second kappa shape index (κ2) is 6.26. The number of hydrogen-bond acceptors (Lipinski definition) is 3. The lowest BCUT2D eigenvalue weighted by atomic mass is 10.2. The van der Waals surface area contributed by atoms with Gasteiger partial charge in [0.15, 0.2) is 5.84 Å². The third-order valence-corrected chi connectivity index (χ3v) is 3.90. The van der Waals surface area contributed by atoms with Gasteiger partial charge in [0.1, 0.15) is 5.52 Å². The van der Waals surface area contributed by atoms with Crippen molar-refractivity contribution in [2.45, 2.75) is 0 Å². The molecule has 0 radical (unpaired) electrons. The monoisotopic (exact) mass is 332 g/mol. The molecule has 4 rings (SSSR count). The minimum atomic E-state index is 0.682. The molecule has 1 aromatic heterocycles. The summed E-state index contributed by atoms with van der Waals surface area (Å²) in [6, 6.07) is 25.1. The Labute approximate surface area is 144 Å². The van der Waals surface area contributed by atoms with E-state index >= 15 is 0 Å². The zero-order valence-electron chi connectivity index (χ0n) is 12.7. The number of rotatable bonds is 2. The fourth-order valence-corrected chi connectivity index (χ4v) is 2.61. The van der Waals surface area contributed by atoms with E-state index in [4.69, 9.17) is 16.6 Å². The quantitative estimate of drug-likeness (QED) is 0.394. The summed E-state index contributed by atoms with van der Waals surface area (Å²) < 4.78 is 1.76. The van der Waals surface area contributed by atoms with Crippen LogP contribution in [0.2, 0.25) is 5.02 Å². The van der Waals surface area contributed by atoms with Crippen LogP contribution < -0.4 is 0 Å². The number of nitrogens with zero attached hydrogens (tertiary/aromatic N) is 4. The summed E-state index contributed by atoms with van der Waals surface area (Å²) in [5, 5.41) is 9.21. The predicted octanol–water partition coefficient (Wildman–Crippen LogP) is 4.71. The van der Waals surface area contributed by atoms with Crippen molar-refractivity contribution in [3.8, 4) is 0 Å². The van der Waals surface area contributed by atoms with E-state index in [0.29, 0.717) is 10.9 Å². The maximum atomic E-state index is 6.02. The van der Waals surface area contributed by atoms with E-state index in [0.717, 1.165) is 22.3 Å². The van der Waals surface area contributed by atoms with E-state index in [1.54, 1.807) is 4.68 Å². The van der Waals surface area contributed by atoms with Crippen molar-refractivity contribution >= 4 is 34.2 Å². The highest BCUT2D eigenvalue weighted by molar-refractivity contribution is 6.30. The van der Waals surface area contributed by atoms with Crippen LogP contribution in [0, 0.1) is 0 Å². The maximum absolute atomic E-state index is 6.02. The van der Waals surface area contributed by atoms with Crippen LogP contribution in [0.5, 0.6) is 0 Å². The van der Waals surface area contributed by atoms with Crippen molar-refractivity contribution in [3.05, 3.63) is 89.4 Å². The summed E-state index contributed by atoms with van der Waals surface area (Å²) in [7, 11) is 0. The molecule has 0 saturated heterocycles. The van der Waals surface area contributed by atoms with Gasteiger partial charge in [-0.2, -0.15) is 4.68 Å². The molecule has 0 aliphatic carbocycles. The van der Waals surface area contributed by atoms with Gasteiger partial charge in [-0.25, -0.2) is 4.99 Å². The highest BCUT2D eigenvalue weighted by atomic mass is 35.5. The van der Waals surface area contributed by atoms with Crippen LogP contribution in [0.1, 0.15) is 5.56 Å². The lowest BCUT2D eigenvalue weighted by molar-refractivity contribution is 0.861. The first-order valence-corrected chi connectivity index (χ1v) is 7.89. The number of halogens is 1.